The zero-order valence-corrected chi connectivity index (χ0v) is 17.3. The van der Waals surface area contributed by atoms with Crippen LogP contribution in [-0.4, -0.2) is 56.9 Å². The van der Waals surface area contributed by atoms with Crippen LogP contribution in [0.1, 0.15) is 11.1 Å². The predicted octanol–water partition coefficient (Wildman–Crippen LogP) is 4.05. The molecule has 0 spiro atoms. The second-order valence-electron chi connectivity index (χ2n) is 7.38. The van der Waals surface area contributed by atoms with Crippen LogP contribution < -0.4 is 10.2 Å². The highest BCUT2D eigenvalue weighted by Gasteiger charge is 2.37. The van der Waals surface area contributed by atoms with Crippen LogP contribution in [0.4, 0.5) is 42.6 Å². The lowest BCUT2D eigenvalue weighted by Gasteiger charge is -2.35. The summed E-state index contributed by atoms with van der Waals surface area (Å²) in [6.07, 6.45) is -5.32. The van der Waals surface area contributed by atoms with E-state index in [0.29, 0.717) is 36.9 Å². The second-order valence-corrected chi connectivity index (χ2v) is 7.38. The van der Waals surface area contributed by atoms with Gasteiger partial charge in [0, 0.05) is 50.3 Å². The highest BCUT2D eigenvalue weighted by Crippen LogP contribution is 2.37. The Labute approximate surface area is 188 Å². The van der Waals surface area contributed by atoms with Crippen LogP contribution in [0.2, 0.25) is 0 Å². The Balaban J connectivity index is 1.43. The molecule has 1 aliphatic heterocycles. The Bertz CT molecular complexity index is 1120. The number of rotatable bonds is 3. The van der Waals surface area contributed by atoms with Crippen molar-refractivity contribution in [2.45, 2.75) is 12.4 Å². The lowest BCUT2D eigenvalue weighted by Crippen LogP contribution is -2.50. The summed E-state index contributed by atoms with van der Waals surface area (Å²) in [7, 11) is 0. The van der Waals surface area contributed by atoms with E-state index in [-0.39, 0.29) is 19.2 Å². The topological polar surface area (TPSA) is 79.2 Å². The number of urea groups is 1. The van der Waals surface area contributed by atoms with Crippen molar-refractivity contribution < 1.29 is 31.1 Å². The SMILES string of the molecule is O=C(Nc1cc(C(F)(F)F)cc(C(F)(F)F)c1)N1CCN(c2cc(-n3cccn3)ncn2)CC1. The summed E-state index contributed by atoms with van der Waals surface area (Å²) < 4.78 is 79.8. The molecular formula is C20H17F6N7O. The van der Waals surface area contributed by atoms with Crippen molar-refractivity contribution in [1.82, 2.24) is 24.6 Å². The van der Waals surface area contributed by atoms with E-state index < -0.39 is 35.2 Å². The minimum Gasteiger partial charge on any atom is -0.353 e. The van der Waals surface area contributed by atoms with Gasteiger partial charge in [-0.15, -0.1) is 0 Å². The number of carbonyl (C=O) groups is 1. The van der Waals surface area contributed by atoms with Gasteiger partial charge in [0.25, 0.3) is 0 Å². The van der Waals surface area contributed by atoms with Gasteiger partial charge in [0.2, 0.25) is 0 Å². The number of aromatic nitrogens is 4. The van der Waals surface area contributed by atoms with E-state index in [1.807, 2.05) is 4.90 Å². The fourth-order valence-electron chi connectivity index (χ4n) is 3.41. The summed E-state index contributed by atoms with van der Waals surface area (Å²) in [5.74, 6) is 1.13. The lowest BCUT2D eigenvalue weighted by molar-refractivity contribution is -0.143. The molecule has 34 heavy (non-hydrogen) atoms. The molecule has 1 N–H and O–H groups in total. The first-order chi connectivity index (χ1) is 16.0. The Morgan fingerprint density at radius 1 is 0.853 bits per heavy atom. The van der Waals surface area contributed by atoms with Crippen LogP contribution in [0.25, 0.3) is 5.82 Å². The first-order valence-electron chi connectivity index (χ1n) is 9.93. The number of piperazine rings is 1. The largest absolute Gasteiger partial charge is 0.416 e. The summed E-state index contributed by atoms with van der Waals surface area (Å²) in [5, 5.41) is 6.25. The molecule has 1 aromatic carbocycles. The maximum atomic E-state index is 13.0. The van der Waals surface area contributed by atoms with E-state index in [2.05, 4.69) is 20.4 Å². The minimum absolute atomic E-state index is 0.00759. The molecule has 0 saturated carbocycles. The smallest absolute Gasteiger partial charge is 0.353 e. The van der Waals surface area contributed by atoms with Crippen molar-refractivity contribution in [2.75, 3.05) is 36.4 Å². The molecule has 1 fully saturated rings. The van der Waals surface area contributed by atoms with E-state index in [9.17, 15) is 31.1 Å². The number of anilines is 2. The number of nitrogens with zero attached hydrogens (tertiary/aromatic N) is 6. The number of amides is 2. The molecule has 0 atom stereocenters. The van der Waals surface area contributed by atoms with Crippen molar-refractivity contribution >= 4 is 17.5 Å². The van der Waals surface area contributed by atoms with Gasteiger partial charge in [-0.2, -0.15) is 31.4 Å². The molecule has 1 saturated heterocycles. The van der Waals surface area contributed by atoms with Gasteiger partial charge in [0.1, 0.15) is 12.1 Å². The number of hydrogen-bond acceptors (Lipinski definition) is 5. The van der Waals surface area contributed by atoms with Crippen LogP contribution in [0.15, 0.2) is 49.1 Å². The highest BCUT2D eigenvalue weighted by molar-refractivity contribution is 5.89. The minimum atomic E-state index is -5.00. The predicted molar refractivity (Wildman–Crippen MR) is 108 cm³/mol. The normalized spacial score (nSPS) is 14.9. The van der Waals surface area contributed by atoms with Gasteiger partial charge in [0.05, 0.1) is 11.1 Å². The molecule has 0 bridgehead atoms. The van der Waals surface area contributed by atoms with Crippen molar-refractivity contribution in [3.05, 3.63) is 60.2 Å². The Hall–Kier alpha value is -3.84. The number of halogens is 6. The number of alkyl halides is 6. The molecule has 0 aliphatic carbocycles. The van der Waals surface area contributed by atoms with Gasteiger partial charge in [-0.1, -0.05) is 0 Å². The quantitative estimate of drug-likeness (QED) is 0.567. The third-order valence-corrected chi connectivity index (χ3v) is 5.11. The zero-order chi connectivity index (χ0) is 24.5. The summed E-state index contributed by atoms with van der Waals surface area (Å²) >= 11 is 0. The summed E-state index contributed by atoms with van der Waals surface area (Å²) in [6.45, 7) is 1.05. The zero-order valence-electron chi connectivity index (χ0n) is 17.3. The highest BCUT2D eigenvalue weighted by atomic mass is 19.4. The number of carbonyl (C=O) groups excluding carboxylic acids is 1. The van der Waals surface area contributed by atoms with E-state index >= 15 is 0 Å². The van der Waals surface area contributed by atoms with E-state index in [4.69, 9.17) is 0 Å². The van der Waals surface area contributed by atoms with Crippen LogP contribution in [0.5, 0.6) is 0 Å². The molecule has 14 heteroatoms. The third kappa shape index (κ3) is 5.21. The van der Waals surface area contributed by atoms with E-state index in [1.165, 1.54) is 11.2 Å². The molecule has 1 aliphatic rings. The van der Waals surface area contributed by atoms with Gasteiger partial charge < -0.3 is 15.1 Å². The van der Waals surface area contributed by atoms with Crippen LogP contribution in [-0.2, 0) is 12.4 Å². The molecule has 2 amide bonds. The molecular weight excluding hydrogens is 468 g/mol. The van der Waals surface area contributed by atoms with Gasteiger partial charge in [-0.3, -0.25) is 0 Å². The summed E-state index contributed by atoms with van der Waals surface area (Å²) in [4.78, 5) is 24.1. The lowest BCUT2D eigenvalue weighted by atomic mass is 10.1. The molecule has 3 heterocycles. The summed E-state index contributed by atoms with van der Waals surface area (Å²) in [5.41, 5.74) is -3.59. The fourth-order valence-corrected chi connectivity index (χ4v) is 3.41. The second kappa shape index (κ2) is 8.83. The summed E-state index contributed by atoms with van der Waals surface area (Å²) in [6, 6.07) is 3.60. The van der Waals surface area contributed by atoms with Crippen molar-refractivity contribution in [3.63, 3.8) is 0 Å². The standard InChI is InChI=1S/C20H17F6N7O/c21-19(22,23)13-8-14(20(24,25)26)10-15(9-13)30-18(34)32-6-4-31(5-7-32)16-11-17(28-12-27-16)33-3-1-2-29-33/h1-3,8-12H,4-7H2,(H,30,34). The van der Waals surface area contributed by atoms with Crippen molar-refractivity contribution in [2.24, 2.45) is 0 Å². The molecule has 3 aromatic rings. The van der Waals surface area contributed by atoms with Crippen LogP contribution in [0, 0.1) is 0 Å². The molecule has 4 rings (SSSR count). The average Bonchev–Trinajstić information content (AvgIpc) is 3.33. The Morgan fingerprint density at radius 3 is 2.03 bits per heavy atom. The molecule has 0 unspecified atom stereocenters. The number of benzene rings is 1. The van der Waals surface area contributed by atoms with Crippen LogP contribution >= 0.6 is 0 Å². The van der Waals surface area contributed by atoms with Gasteiger partial charge in [-0.05, 0) is 24.3 Å². The van der Waals surface area contributed by atoms with Gasteiger partial charge in [-0.25, -0.2) is 19.4 Å². The third-order valence-electron chi connectivity index (χ3n) is 5.11. The molecule has 8 nitrogen and oxygen atoms in total. The molecule has 0 radical (unpaired) electrons. The monoisotopic (exact) mass is 485 g/mol. The first-order valence-corrected chi connectivity index (χ1v) is 9.93. The van der Waals surface area contributed by atoms with E-state index in [1.54, 1.807) is 29.2 Å². The van der Waals surface area contributed by atoms with Crippen molar-refractivity contribution in [1.29, 1.82) is 0 Å². The fraction of sp³-hybridized carbons (Fsp3) is 0.300. The number of hydrogen-bond donors (Lipinski definition) is 1. The van der Waals surface area contributed by atoms with Crippen LogP contribution in [0.3, 0.4) is 0 Å². The van der Waals surface area contributed by atoms with Crippen molar-refractivity contribution in [3.8, 4) is 5.82 Å². The Kier molecular flexibility index (Phi) is 6.06. The Morgan fingerprint density at radius 2 is 1.47 bits per heavy atom. The van der Waals surface area contributed by atoms with Gasteiger partial charge in [0.15, 0.2) is 5.82 Å². The first kappa shape index (κ1) is 23.3. The van der Waals surface area contributed by atoms with Gasteiger partial charge >= 0.3 is 18.4 Å². The molecule has 2 aromatic heterocycles. The maximum Gasteiger partial charge on any atom is 0.416 e. The maximum absolute atomic E-state index is 13.0. The number of nitrogens with one attached hydrogen (secondary N) is 1. The molecule has 180 valence electrons. The average molecular weight is 485 g/mol. The van der Waals surface area contributed by atoms with E-state index in [0.717, 1.165) is 0 Å².